The summed E-state index contributed by atoms with van der Waals surface area (Å²) in [6, 6.07) is 20.1. The summed E-state index contributed by atoms with van der Waals surface area (Å²) < 4.78 is 14.7. The molecule has 31 heavy (non-hydrogen) atoms. The Morgan fingerprint density at radius 1 is 0.806 bits per heavy atom. The first-order chi connectivity index (χ1) is 15.2. The standard InChI is InChI=1S/C23H15FN6O/c24-18-5-1-17(2-6-18)23(31)26-19-7-3-15(4-8-19)20-9-10-21-27-28-22(30(21)29-20)16-11-13-25-14-12-16/h1-14H,(H,26,31). The van der Waals surface area contributed by atoms with Crippen molar-refractivity contribution < 1.29 is 9.18 Å². The third kappa shape index (κ3) is 3.74. The summed E-state index contributed by atoms with van der Waals surface area (Å²) in [5, 5.41) is 15.9. The van der Waals surface area contributed by atoms with Crippen LogP contribution in [0.25, 0.3) is 28.3 Å². The highest BCUT2D eigenvalue weighted by Crippen LogP contribution is 2.22. The molecule has 1 amide bonds. The number of nitrogens with zero attached hydrogens (tertiary/aromatic N) is 5. The number of anilines is 1. The molecule has 0 fully saturated rings. The average Bonchev–Trinajstić information content (AvgIpc) is 3.24. The molecule has 0 aliphatic carbocycles. The largest absolute Gasteiger partial charge is 0.322 e. The van der Waals surface area contributed by atoms with Crippen molar-refractivity contribution >= 4 is 17.2 Å². The predicted molar refractivity (Wildman–Crippen MR) is 114 cm³/mol. The maximum Gasteiger partial charge on any atom is 0.255 e. The Bertz CT molecular complexity index is 1370. The van der Waals surface area contributed by atoms with E-state index in [2.05, 4.69) is 25.6 Å². The lowest BCUT2D eigenvalue weighted by molar-refractivity contribution is 0.102. The van der Waals surface area contributed by atoms with Crippen molar-refractivity contribution in [3.8, 4) is 22.6 Å². The van der Waals surface area contributed by atoms with Gasteiger partial charge in [-0.05, 0) is 60.7 Å². The van der Waals surface area contributed by atoms with Crippen molar-refractivity contribution in [1.29, 1.82) is 0 Å². The van der Waals surface area contributed by atoms with Crippen molar-refractivity contribution in [3.63, 3.8) is 0 Å². The van der Waals surface area contributed by atoms with Gasteiger partial charge < -0.3 is 5.32 Å². The van der Waals surface area contributed by atoms with Crippen molar-refractivity contribution in [3.05, 3.63) is 96.6 Å². The molecule has 0 radical (unpaired) electrons. The zero-order chi connectivity index (χ0) is 21.2. The number of carbonyl (C=O) groups is 1. The molecule has 150 valence electrons. The topological polar surface area (TPSA) is 85.1 Å². The van der Waals surface area contributed by atoms with E-state index in [9.17, 15) is 9.18 Å². The summed E-state index contributed by atoms with van der Waals surface area (Å²) in [6.45, 7) is 0. The van der Waals surface area contributed by atoms with E-state index in [0.717, 1.165) is 16.8 Å². The highest BCUT2D eigenvalue weighted by atomic mass is 19.1. The molecule has 3 aromatic heterocycles. The fourth-order valence-corrected chi connectivity index (χ4v) is 3.15. The lowest BCUT2D eigenvalue weighted by atomic mass is 10.1. The van der Waals surface area contributed by atoms with Gasteiger partial charge in [-0.3, -0.25) is 9.78 Å². The molecule has 5 aromatic rings. The number of rotatable bonds is 4. The molecule has 8 heteroatoms. The van der Waals surface area contributed by atoms with Gasteiger partial charge in [0.05, 0.1) is 5.69 Å². The van der Waals surface area contributed by atoms with Crippen molar-refractivity contribution in [2.45, 2.75) is 0 Å². The van der Waals surface area contributed by atoms with Gasteiger partial charge in [0.2, 0.25) is 0 Å². The molecular formula is C23H15FN6O. The molecule has 3 heterocycles. The number of pyridine rings is 1. The van der Waals surface area contributed by atoms with Gasteiger partial charge in [-0.2, -0.15) is 9.61 Å². The van der Waals surface area contributed by atoms with Crippen LogP contribution in [0.1, 0.15) is 10.4 Å². The summed E-state index contributed by atoms with van der Waals surface area (Å²) >= 11 is 0. The first-order valence-corrected chi connectivity index (χ1v) is 9.47. The van der Waals surface area contributed by atoms with E-state index in [1.165, 1.54) is 24.3 Å². The summed E-state index contributed by atoms with van der Waals surface area (Å²) in [5.74, 6) is -0.0632. The van der Waals surface area contributed by atoms with E-state index in [1.54, 1.807) is 29.0 Å². The number of hydrogen-bond acceptors (Lipinski definition) is 5. The molecule has 0 aliphatic rings. The zero-order valence-electron chi connectivity index (χ0n) is 16.1. The average molecular weight is 410 g/mol. The first-order valence-electron chi connectivity index (χ1n) is 9.47. The highest BCUT2D eigenvalue weighted by Gasteiger charge is 2.11. The second-order valence-electron chi connectivity index (χ2n) is 6.79. The van der Waals surface area contributed by atoms with E-state index < -0.39 is 0 Å². The number of halogens is 1. The number of aromatic nitrogens is 5. The zero-order valence-corrected chi connectivity index (χ0v) is 16.1. The lowest BCUT2D eigenvalue weighted by Crippen LogP contribution is -2.11. The summed E-state index contributed by atoms with van der Waals surface area (Å²) in [7, 11) is 0. The molecular weight excluding hydrogens is 395 g/mol. The van der Waals surface area contributed by atoms with E-state index >= 15 is 0 Å². The van der Waals surface area contributed by atoms with Gasteiger partial charge in [0.25, 0.3) is 5.91 Å². The van der Waals surface area contributed by atoms with Crippen LogP contribution in [0.5, 0.6) is 0 Å². The van der Waals surface area contributed by atoms with Crippen LogP contribution in [-0.2, 0) is 0 Å². The number of fused-ring (bicyclic) bond motifs is 1. The van der Waals surface area contributed by atoms with Gasteiger partial charge in [-0.15, -0.1) is 10.2 Å². The number of carbonyl (C=O) groups excluding carboxylic acids is 1. The smallest absolute Gasteiger partial charge is 0.255 e. The summed E-state index contributed by atoms with van der Waals surface area (Å²) in [5.41, 5.74) is 4.12. The van der Waals surface area contributed by atoms with Gasteiger partial charge >= 0.3 is 0 Å². The quantitative estimate of drug-likeness (QED) is 0.479. The normalized spacial score (nSPS) is 10.9. The molecule has 0 bridgehead atoms. The summed E-state index contributed by atoms with van der Waals surface area (Å²) in [6.07, 6.45) is 3.39. The van der Waals surface area contributed by atoms with Gasteiger partial charge in [-0.25, -0.2) is 4.39 Å². The van der Waals surface area contributed by atoms with Crippen LogP contribution in [0.2, 0.25) is 0 Å². The van der Waals surface area contributed by atoms with Crippen LogP contribution in [0, 0.1) is 5.82 Å². The Morgan fingerprint density at radius 2 is 1.55 bits per heavy atom. The minimum Gasteiger partial charge on any atom is -0.322 e. The van der Waals surface area contributed by atoms with Crippen LogP contribution >= 0.6 is 0 Å². The molecule has 0 aliphatic heterocycles. The molecule has 1 N–H and O–H groups in total. The maximum atomic E-state index is 13.0. The Balaban J connectivity index is 1.40. The third-order valence-electron chi connectivity index (χ3n) is 4.75. The fraction of sp³-hybridized carbons (Fsp3) is 0. The second-order valence-corrected chi connectivity index (χ2v) is 6.79. The van der Waals surface area contributed by atoms with Crippen LogP contribution in [-0.4, -0.2) is 30.7 Å². The molecule has 0 saturated heterocycles. The molecule has 2 aromatic carbocycles. The Kier molecular flexibility index (Phi) is 4.64. The van der Waals surface area contributed by atoms with Crippen molar-refractivity contribution in [2.24, 2.45) is 0 Å². The lowest BCUT2D eigenvalue weighted by Gasteiger charge is -2.07. The molecule has 0 spiro atoms. The second kappa shape index (κ2) is 7.75. The number of hydrogen-bond donors (Lipinski definition) is 1. The van der Waals surface area contributed by atoms with Crippen molar-refractivity contribution in [1.82, 2.24) is 24.8 Å². The van der Waals surface area contributed by atoms with Crippen LogP contribution < -0.4 is 5.32 Å². The van der Waals surface area contributed by atoms with E-state index in [4.69, 9.17) is 0 Å². The van der Waals surface area contributed by atoms with Crippen LogP contribution in [0.15, 0.2) is 85.2 Å². The van der Waals surface area contributed by atoms with Crippen molar-refractivity contribution in [2.75, 3.05) is 5.32 Å². The number of nitrogens with one attached hydrogen (secondary N) is 1. The minimum atomic E-state index is -0.384. The molecule has 0 unspecified atom stereocenters. The van der Waals surface area contributed by atoms with Gasteiger partial charge in [0.15, 0.2) is 11.5 Å². The van der Waals surface area contributed by atoms with Crippen LogP contribution in [0.3, 0.4) is 0 Å². The third-order valence-corrected chi connectivity index (χ3v) is 4.75. The van der Waals surface area contributed by atoms with Gasteiger partial charge in [-0.1, -0.05) is 12.1 Å². The van der Waals surface area contributed by atoms with Gasteiger partial charge in [0, 0.05) is 34.8 Å². The van der Waals surface area contributed by atoms with Gasteiger partial charge in [0.1, 0.15) is 5.82 Å². The van der Waals surface area contributed by atoms with E-state index in [0.29, 0.717) is 22.7 Å². The summed E-state index contributed by atoms with van der Waals surface area (Å²) in [4.78, 5) is 16.3. The molecule has 0 atom stereocenters. The number of amides is 1. The molecule has 5 rings (SSSR count). The monoisotopic (exact) mass is 410 g/mol. The van der Waals surface area contributed by atoms with Crippen LogP contribution in [0.4, 0.5) is 10.1 Å². The van der Waals surface area contributed by atoms with E-state index in [1.807, 2.05) is 36.4 Å². The molecule has 7 nitrogen and oxygen atoms in total. The SMILES string of the molecule is O=C(Nc1ccc(-c2ccc3nnc(-c4ccncc4)n3n2)cc1)c1ccc(F)cc1. The Hall–Kier alpha value is -4.46. The minimum absolute atomic E-state index is 0.307. The molecule has 0 saturated carbocycles. The maximum absolute atomic E-state index is 13.0. The predicted octanol–water partition coefficient (Wildman–Crippen LogP) is 4.24. The highest BCUT2D eigenvalue weighted by molar-refractivity contribution is 6.04. The fourth-order valence-electron chi connectivity index (χ4n) is 3.15. The Morgan fingerprint density at radius 3 is 2.29 bits per heavy atom. The number of benzene rings is 2. The Labute approximate surface area is 176 Å². The first kappa shape index (κ1) is 18.6. The van der Waals surface area contributed by atoms with E-state index in [-0.39, 0.29) is 11.7 Å².